The van der Waals surface area contributed by atoms with Gasteiger partial charge in [0.2, 0.25) is 0 Å². The van der Waals surface area contributed by atoms with Crippen molar-refractivity contribution in [2.75, 3.05) is 6.54 Å². The molecule has 1 aromatic heterocycles. The molecular formula is C16H17ClN2. The van der Waals surface area contributed by atoms with E-state index in [0.717, 1.165) is 31.0 Å². The Morgan fingerprint density at radius 2 is 2.21 bits per heavy atom. The molecule has 2 heterocycles. The van der Waals surface area contributed by atoms with Gasteiger partial charge in [0.1, 0.15) is 0 Å². The van der Waals surface area contributed by atoms with Crippen molar-refractivity contribution in [3.8, 4) is 11.3 Å². The van der Waals surface area contributed by atoms with Gasteiger partial charge in [-0.25, -0.2) is 0 Å². The first-order chi connectivity index (χ1) is 9.25. The van der Waals surface area contributed by atoms with Crippen LogP contribution in [0.2, 0.25) is 5.02 Å². The summed E-state index contributed by atoms with van der Waals surface area (Å²) in [6.07, 6.45) is 2.17. The highest BCUT2D eigenvalue weighted by Crippen LogP contribution is 2.40. The summed E-state index contributed by atoms with van der Waals surface area (Å²) in [5, 5.41) is 4.45. The molecule has 19 heavy (non-hydrogen) atoms. The second-order valence-electron chi connectivity index (χ2n) is 5.54. The zero-order valence-corrected chi connectivity index (χ0v) is 11.8. The highest BCUT2D eigenvalue weighted by molar-refractivity contribution is 6.31. The summed E-state index contributed by atoms with van der Waals surface area (Å²) in [5.41, 5.74) is 6.98. The molecule has 2 nitrogen and oxygen atoms in total. The van der Waals surface area contributed by atoms with Gasteiger partial charge in [-0.15, -0.1) is 0 Å². The van der Waals surface area contributed by atoms with Gasteiger partial charge in [0.05, 0.1) is 5.69 Å². The maximum Gasteiger partial charge on any atom is 0.0519 e. The van der Waals surface area contributed by atoms with Gasteiger partial charge in [0.15, 0.2) is 0 Å². The average molecular weight is 273 g/mol. The number of rotatable bonds is 0. The van der Waals surface area contributed by atoms with Gasteiger partial charge < -0.3 is 9.88 Å². The molecule has 0 saturated carbocycles. The molecule has 1 aliphatic carbocycles. The summed E-state index contributed by atoms with van der Waals surface area (Å²) in [7, 11) is 0. The lowest BCUT2D eigenvalue weighted by molar-refractivity contribution is 0.451. The number of nitrogens with zero attached hydrogens (tertiary/aromatic N) is 1. The molecule has 0 bridgehead atoms. The zero-order chi connectivity index (χ0) is 13.0. The Morgan fingerprint density at radius 1 is 1.32 bits per heavy atom. The Balaban J connectivity index is 1.99. The van der Waals surface area contributed by atoms with Crippen molar-refractivity contribution in [3.63, 3.8) is 0 Å². The molecule has 0 saturated heterocycles. The van der Waals surface area contributed by atoms with Crippen molar-refractivity contribution in [1.82, 2.24) is 9.88 Å². The Bertz CT molecular complexity index is 657. The molecule has 4 rings (SSSR count). The Labute approximate surface area is 118 Å². The topological polar surface area (TPSA) is 17.0 Å². The third-order valence-electron chi connectivity index (χ3n) is 4.46. The minimum Gasteiger partial charge on any atom is -0.342 e. The van der Waals surface area contributed by atoms with Crippen molar-refractivity contribution in [1.29, 1.82) is 0 Å². The van der Waals surface area contributed by atoms with Crippen molar-refractivity contribution in [3.05, 3.63) is 46.1 Å². The summed E-state index contributed by atoms with van der Waals surface area (Å²) in [5.74, 6) is 0. The maximum atomic E-state index is 6.37. The smallest absolute Gasteiger partial charge is 0.0519 e. The summed E-state index contributed by atoms with van der Waals surface area (Å²) in [4.78, 5) is 0. The summed E-state index contributed by atoms with van der Waals surface area (Å²) in [6.45, 7) is 4.35. The van der Waals surface area contributed by atoms with Gasteiger partial charge in [-0.05, 0) is 43.0 Å². The van der Waals surface area contributed by atoms with E-state index in [-0.39, 0.29) is 0 Å². The van der Waals surface area contributed by atoms with E-state index in [1.165, 1.54) is 28.1 Å². The number of halogens is 1. The van der Waals surface area contributed by atoms with Crippen LogP contribution >= 0.6 is 11.6 Å². The molecule has 98 valence electrons. The quantitative estimate of drug-likeness (QED) is 0.776. The zero-order valence-electron chi connectivity index (χ0n) is 11.0. The normalized spacial score (nSPS) is 20.6. The van der Waals surface area contributed by atoms with Gasteiger partial charge in [-0.2, -0.15) is 0 Å². The number of hydrogen-bond acceptors (Lipinski definition) is 1. The van der Waals surface area contributed by atoms with Crippen LogP contribution in [-0.2, 0) is 19.4 Å². The van der Waals surface area contributed by atoms with E-state index in [2.05, 4.69) is 35.0 Å². The molecular weight excluding hydrogens is 256 g/mol. The fourth-order valence-electron chi connectivity index (χ4n) is 3.53. The molecule has 1 aromatic carbocycles. The van der Waals surface area contributed by atoms with E-state index in [9.17, 15) is 0 Å². The van der Waals surface area contributed by atoms with Crippen molar-refractivity contribution in [2.45, 2.75) is 32.4 Å². The maximum absolute atomic E-state index is 6.37. The Kier molecular flexibility index (Phi) is 2.51. The number of nitrogens with one attached hydrogen (secondary N) is 1. The fourth-order valence-corrected chi connectivity index (χ4v) is 3.80. The number of aromatic nitrogens is 1. The number of benzene rings is 1. The van der Waals surface area contributed by atoms with E-state index in [0.29, 0.717) is 6.04 Å². The largest absolute Gasteiger partial charge is 0.342 e. The predicted octanol–water partition coefficient (Wildman–Crippen LogP) is 3.57. The first kappa shape index (κ1) is 11.6. The minimum absolute atomic E-state index is 0.446. The summed E-state index contributed by atoms with van der Waals surface area (Å²) >= 11 is 6.37. The average Bonchev–Trinajstić information content (AvgIpc) is 2.80. The van der Waals surface area contributed by atoms with E-state index in [4.69, 9.17) is 11.6 Å². The van der Waals surface area contributed by atoms with Crippen LogP contribution in [0.4, 0.5) is 0 Å². The monoisotopic (exact) mass is 272 g/mol. The van der Waals surface area contributed by atoms with Crippen LogP contribution in [0.1, 0.15) is 29.8 Å². The third-order valence-corrected chi connectivity index (χ3v) is 4.81. The van der Waals surface area contributed by atoms with Crippen molar-refractivity contribution < 1.29 is 0 Å². The standard InChI is InChI=1S/C16H17ClN2/c1-10-15-9-11-5-6-12-13(3-2-4-14(12)17)16(11)19(15)8-7-18-10/h2-4,9-10,18H,5-8H2,1H3. The van der Waals surface area contributed by atoms with Crippen LogP contribution in [0.15, 0.2) is 24.3 Å². The lowest BCUT2D eigenvalue weighted by Gasteiger charge is -2.26. The van der Waals surface area contributed by atoms with Crippen LogP contribution in [0.3, 0.4) is 0 Å². The summed E-state index contributed by atoms with van der Waals surface area (Å²) < 4.78 is 2.49. The number of fused-ring (bicyclic) bond motifs is 5. The lowest BCUT2D eigenvalue weighted by Crippen LogP contribution is -2.31. The molecule has 1 N–H and O–H groups in total. The molecule has 0 fully saturated rings. The Hall–Kier alpha value is -1.25. The highest BCUT2D eigenvalue weighted by Gasteiger charge is 2.27. The minimum atomic E-state index is 0.446. The van der Waals surface area contributed by atoms with E-state index >= 15 is 0 Å². The first-order valence-electron chi connectivity index (χ1n) is 6.99. The fraction of sp³-hybridized carbons (Fsp3) is 0.375. The molecule has 0 amide bonds. The molecule has 2 aromatic rings. The van der Waals surface area contributed by atoms with Crippen LogP contribution < -0.4 is 5.32 Å². The second kappa shape index (κ2) is 4.12. The molecule has 1 aliphatic heterocycles. The lowest BCUT2D eigenvalue weighted by atomic mass is 9.90. The van der Waals surface area contributed by atoms with Gasteiger partial charge in [-0.1, -0.05) is 23.7 Å². The second-order valence-corrected chi connectivity index (χ2v) is 5.94. The SMILES string of the molecule is CC1NCCn2c1cc1c2-c2cccc(Cl)c2CC1. The summed E-state index contributed by atoms with van der Waals surface area (Å²) in [6, 6.07) is 9.13. The third kappa shape index (κ3) is 1.60. The number of aryl methyl sites for hydroxylation is 1. The van der Waals surface area contributed by atoms with Crippen LogP contribution in [0.25, 0.3) is 11.3 Å². The van der Waals surface area contributed by atoms with Crippen LogP contribution in [-0.4, -0.2) is 11.1 Å². The van der Waals surface area contributed by atoms with Crippen LogP contribution in [0.5, 0.6) is 0 Å². The number of hydrogen-bond donors (Lipinski definition) is 1. The van der Waals surface area contributed by atoms with E-state index in [1.54, 1.807) is 0 Å². The van der Waals surface area contributed by atoms with Gasteiger partial charge in [-0.3, -0.25) is 0 Å². The molecule has 1 atom stereocenters. The molecule has 2 aliphatic rings. The van der Waals surface area contributed by atoms with Gasteiger partial charge in [0.25, 0.3) is 0 Å². The molecule has 0 spiro atoms. The molecule has 0 radical (unpaired) electrons. The van der Waals surface area contributed by atoms with Crippen molar-refractivity contribution >= 4 is 11.6 Å². The molecule has 3 heteroatoms. The van der Waals surface area contributed by atoms with E-state index < -0.39 is 0 Å². The van der Waals surface area contributed by atoms with E-state index in [1.807, 2.05) is 6.07 Å². The molecule has 1 unspecified atom stereocenters. The Morgan fingerprint density at radius 3 is 3.11 bits per heavy atom. The highest BCUT2D eigenvalue weighted by atomic mass is 35.5. The van der Waals surface area contributed by atoms with Crippen LogP contribution in [0, 0.1) is 0 Å². The van der Waals surface area contributed by atoms with Gasteiger partial charge in [0, 0.05) is 35.4 Å². The first-order valence-corrected chi connectivity index (χ1v) is 7.37. The van der Waals surface area contributed by atoms with Crippen molar-refractivity contribution in [2.24, 2.45) is 0 Å². The predicted molar refractivity (Wildman–Crippen MR) is 78.7 cm³/mol. The van der Waals surface area contributed by atoms with Gasteiger partial charge >= 0.3 is 0 Å².